The molecule has 0 aromatic rings. The van der Waals surface area contributed by atoms with Crippen molar-refractivity contribution >= 4 is 11.9 Å². The predicted octanol–water partition coefficient (Wildman–Crippen LogP) is 1.75. The Morgan fingerprint density at radius 3 is 2.36 bits per heavy atom. The summed E-state index contributed by atoms with van der Waals surface area (Å²) in [6.45, 7) is 3.01. The van der Waals surface area contributed by atoms with Gasteiger partial charge in [0, 0.05) is 25.4 Å². The lowest BCUT2D eigenvalue weighted by atomic mass is 9.91. The standard InChI is InChI=1S/C10H17NO3/c1-2-3-9(12)8-4-6-11(7-5-8)10(13)14/h8H,2-7H2,1H3,(H,13,14). The number of amides is 1. The smallest absolute Gasteiger partial charge is 0.407 e. The molecule has 1 aliphatic heterocycles. The van der Waals surface area contributed by atoms with Gasteiger partial charge in [-0.2, -0.15) is 0 Å². The van der Waals surface area contributed by atoms with E-state index in [1.54, 1.807) is 0 Å². The number of hydrogen-bond acceptors (Lipinski definition) is 2. The molecule has 0 atom stereocenters. The number of hydrogen-bond donors (Lipinski definition) is 1. The van der Waals surface area contributed by atoms with Crippen molar-refractivity contribution < 1.29 is 14.7 Å². The quantitative estimate of drug-likeness (QED) is 0.753. The first-order valence-corrected chi connectivity index (χ1v) is 5.15. The van der Waals surface area contributed by atoms with Gasteiger partial charge in [-0.1, -0.05) is 6.92 Å². The lowest BCUT2D eigenvalue weighted by Gasteiger charge is -2.29. The summed E-state index contributed by atoms with van der Waals surface area (Å²) in [6.07, 6.45) is 2.05. The van der Waals surface area contributed by atoms with Crippen LogP contribution in [0.1, 0.15) is 32.6 Å². The van der Waals surface area contributed by atoms with Gasteiger partial charge in [0.05, 0.1) is 0 Å². The molecule has 1 aliphatic rings. The maximum atomic E-state index is 11.5. The molecule has 1 amide bonds. The molecule has 1 N–H and O–H groups in total. The van der Waals surface area contributed by atoms with Gasteiger partial charge >= 0.3 is 6.09 Å². The van der Waals surface area contributed by atoms with Crippen LogP contribution in [0.2, 0.25) is 0 Å². The third-order valence-corrected chi connectivity index (χ3v) is 2.72. The van der Waals surface area contributed by atoms with E-state index < -0.39 is 6.09 Å². The second-order valence-electron chi connectivity index (χ2n) is 3.76. The van der Waals surface area contributed by atoms with Crippen LogP contribution < -0.4 is 0 Å². The van der Waals surface area contributed by atoms with Crippen molar-refractivity contribution in [2.75, 3.05) is 13.1 Å². The molecular formula is C10H17NO3. The van der Waals surface area contributed by atoms with E-state index in [0.717, 1.165) is 6.42 Å². The molecule has 14 heavy (non-hydrogen) atoms. The van der Waals surface area contributed by atoms with Gasteiger partial charge in [-0.05, 0) is 19.3 Å². The summed E-state index contributed by atoms with van der Waals surface area (Å²) in [6, 6.07) is 0. The Morgan fingerprint density at radius 2 is 1.93 bits per heavy atom. The Bertz CT molecular complexity index is 219. The Hall–Kier alpha value is -1.06. The zero-order valence-electron chi connectivity index (χ0n) is 8.53. The van der Waals surface area contributed by atoms with Crippen LogP contribution in [0.5, 0.6) is 0 Å². The second kappa shape index (κ2) is 4.98. The molecule has 1 fully saturated rings. The maximum absolute atomic E-state index is 11.5. The van der Waals surface area contributed by atoms with Gasteiger partial charge in [0.2, 0.25) is 0 Å². The Balaban J connectivity index is 2.35. The first kappa shape index (κ1) is 11.0. The monoisotopic (exact) mass is 199 g/mol. The highest BCUT2D eigenvalue weighted by Gasteiger charge is 2.26. The number of rotatable bonds is 3. The van der Waals surface area contributed by atoms with Crippen LogP contribution in [-0.2, 0) is 4.79 Å². The summed E-state index contributed by atoms with van der Waals surface area (Å²) in [7, 11) is 0. The molecule has 1 heterocycles. The highest BCUT2D eigenvalue weighted by atomic mass is 16.4. The van der Waals surface area contributed by atoms with Crippen molar-refractivity contribution in [1.82, 2.24) is 4.90 Å². The minimum atomic E-state index is -0.869. The van der Waals surface area contributed by atoms with Crippen LogP contribution in [0.25, 0.3) is 0 Å². The van der Waals surface area contributed by atoms with Crippen LogP contribution in [0, 0.1) is 5.92 Å². The number of nitrogens with zero attached hydrogens (tertiary/aromatic N) is 1. The zero-order chi connectivity index (χ0) is 10.6. The zero-order valence-corrected chi connectivity index (χ0v) is 8.53. The van der Waals surface area contributed by atoms with E-state index in [4.69, 9.17) is 5.11 Å². The summed E-state index contributed by atoms with van der Waals surface area (Å²) >= 11 is 0. The second-order valence-corrected chi connectivity index (χ2v) is 3.76. The molecule has 0 aromatic heterocycles. The fourth-order valence-electron chi connectivity index (χ4n) is 1.84. The molecule has 0 radical (unpaired) electrons. The molecule has 0 bridgehead atoms. The minimum absolute atomic E-state index is 0.102. The summed E-state index contributed by atoms with van der Waals surface area (Å²) in [5.74, 6) is 0.406. The van der Waals surface area contributed by atoms with Crippen LogP contribution in [0.3, 0.4) is 0 Å². The summed E-state index contributed by atoms with van der Waals surface area (Å²) in [4.78, 5) is 23.5. The molecule has 0 aromatic carbocycles. The topological polar surface area (TPSA) is 57.6 Å². The highest BCUT2D eigenvalue weighted by molar-refractivity contribution is 5.81. The molecule has 4 heteroatoms. The molecular weight excluding hydrogens is 182 g/mol. The van der Waals surface area contributed by atoms with Gasteiger partial charge in [0.15, 0.2) is 0 Å². The lowest BCUT2D eigenvalue weighted by molar-refractivity contribution is -0.124. The van der Waals surface area contributed by atoms with Crippen molar-refractivity contribution in [1.29, 1.82) is 0 Å². The lowest BCUT2D eigenvalue weighted by Crippen LogP contribution is -2.39. The minimum Gasteiger partial charge on any atom is -0.465 e. The largest absolute Gasteiger partial charge is 0.465 e. The van der Waals surface area contributed by atoms with E-state index in [9.17, 15) is 9.59 Å². The van der Waals surface area contributed by atoms with Gasteiger partial charge in [-0.25, -0.2) is 4.79 Å². The number of carboxylic acid groups (broad SMARTS) is 1. The van der Waals surface area contributed by atoms with E-state index in [-0.39, 0.29) is 5.92 Å². The maximum Gasteiger partial charge on any atom is 0.407 e. The number of likely N-dealkylation sites (tertiary alicyclic amines) is 1. The van der Waals surface area contributed by atoms with Gasteiger partial charge in [0.25, 0.3) is 0 Å². The third-order valence-electron chi connectivity index (χ3n) is 2.72. The highest BCUT2D eigenvalue weighted by Crippen LogP contribution is 2.19. The van der Waals surface area contributed by atoms with Crippen LogP contribution >= 0.6 is 0 Å². The van der Waals surface area contributed by atoms with Crippen molar-refractivity contribution in [3.63, 3.8) is 0 Å². The summed E-state index contributed by atoms with van der Waals surface area (Å²) in [5, 5.41) is 8.71. The van der Waals surface area contributed by atoms with E-state index >= 15 is 0 Å². The molecule has 0 spiro atoms. The van der Waals surface area contributed by atoms with E-state index in [0.29, 0.717) is 38.1 Å². The van der Waals surface area contributed by atoms with Crippen LogP contribution in [0.15, 0.2) is 0 Å². The van der Waals surface area contributed by atoms with Crippen molar-refractivity contribution in [2.24, 2.45) is 5.92 Å². The summed E-state index contributed by atoms with van der Waals surface area (Å²) < 4.78 is 0. The van der Waals surface area contributed by atoms with Gasteiger partial charge in [0.1, 0.15) is 5.78 Å². The number of Topliss-reactive ketones (excluding diaryl/α,β-unsaturated/α-hetero) is 1. The van der Waals surface area contributed by atoms with Crippen molar-refractivity contribution in [2.45, 2.75) is 32.6 Å². The molecule has 1 saturated heterocycles. The first-order chi connectivity index (χ1) is 6.65. The fourth-order valence-corrected chi connectivity index (χ4v) is 1.84. The molecule has 0 aliphatic carbocycles. The Morgan fingerprint density at radius 1 is 1.36 bits per heavy atom. The SMILES string of the molecule is CCCC(=O)C1CCN(C(=O)O)CC1. The first-order valence-electron chi connectivity index (χ1n) is 5.15. The third kappa shape index (κ3) is 2.72. The Kier molecular flexibility index (Phi) is 3.92. The predicted molar refractivity (Wildman–Crippen MR) is 52.2 cm³/mol. The van der Waals surface area contributed by atoms with E-state index in [1.807, 2.05) is 6.92 Å². The van der Waals surface area contributed by atoms with Crippen molar-refractivity contribution in [3.05, 3.63) is 0 Å². The normalized spacial score (nSPS) is 18.2. The molecule has 0 saturated carbocycles. The average molecular weight is 199 g/mol. The molecule has 0 unspecified atom stereocenters. The van der Waals surface area contributed by atoms with Gasteiger partial charge in [-0.3, -0.25) is 4.79 Å². The number of carbonyl (C=O) groups is 2. The number of ketones is 1. The summed E-state index contributed by atoms with van der Waals surface area (Å²) in [5.41, 5.74) is 0. The fraction of sp³-hybridized carbons (Fsp3) is 0.800. The molecule has 1 rings (SSSR count). The van der Waals surface area contributed by atoms with E-state index in [2.05, 4.69) is 0 Å². The van der Waals surface area contributed by atoms with Crippen molar-refractivity contribution in [3.8, 4) is 0 Å². The van der Waals surface area contributed by atoms with E-state index in [1.165, 1.54) is 4.90 Å². The van der Waals surface area contributed by atoms with Crippen LogP contribution in [-0.4, -0.2) is 35.0 Å². The average Bonchev–Trinajstić information content (AvgIpc) is 2.18. The van der Waals surface area contributed by atoms with Crippen LogP contribution in [0.4, 0.5) is 4.79 Å². The van der Waals surface area contributed by atoms with Gasteiger partial charge < -0.3 is 10.0 Å². The molecule has 4 nitrogen and oxygen atoms in total. The molecule has 80 valence electrons. The number of piperidine rings is 1. The Labute approximate surface area is 83.9 Å². The number of carbonyl (C=O) groups excluding carboxylic acids is 1. The van der Waals surface area contributed by atoms with Gasteiger partial charge in [-0.15, -0.1) is 0 Å².